The molecule has 1 unspecified atom stereocenters. The standard InChI is InChI=1S/C12H15/c1-3-7-11(8-4-1)12-9-5-2-6-10-12/h1,3-4,7-9,12H,2,5-6,10H2. The van der Waals surface area contributed by atoms with Gasteiger partial charge in [0.05, 0.1) is 0 Å². The Morgan fingerprint density at radius 3 is 2.50 bits per heavy atom. The Kier molecular flexibility index (Phi) is 2.45. The van der Waals surface area contributed by atoms with Crippen LogP contribution in [0.3, 0.4) is 0 Å². The molecule has 0 N–H and O–H groups in total. The van der Waals surface area contributed by atoms with Gasteiger partial charge in [0.15, 0.2) is 0 Å². The van der Waals surface area contributed by atoms with Crippen molar-refractivity contribution < 1.29 is 0 Å². The molecule has 1 aromatic carbocycles. The molecular formula is C12H15. The predicted octanol–water partition coefficient (Wildman–Crippen LogP) is 3.55. The average Bonchev–Trinajstić information content (AvgIpc) is 2.21. The number of rotatable bonds is 1. The molecule has 63 valence electrons. The third-order valence-corrected chi connectivity index (χ3v) is 2.65. The lowest BCUT2D eigenvalue weighted by atomic mass is 9.84. The van der Waals surface area contributed by atoms with Crippen molar-refractivity contribution >= 4 is 0 Å². The lowest BCUT2D eigenvalue weighted by Crippen LogP contribution is -2.04. The van der Waals surface area contributed by atoms with Crippen molar-refractivity contribution in [1.82, 2.24) is 0 Å². The first-order valence-corrected chi connectivity index (χ1v) is 4.85. The van der Waals surface area contributed by atoms with Crippen LogP contribution in [-0.2, 0) is 0 Å². The van der Waals surface area contributed by atoms with Crippen molar-refractivity contribution in [1.29, 1.82) is 0 Å². The second-order valence-corrected chi connectivity index (χ2v) is 3.54. The lowest BCUT2D eigenvalue weighted by molar-refractivity contribution is 0.534. The molecule has 1 fully saturated rings. The summed E-state index contributed by atoms with van der Waals surface area (Å²) in [6, 6.07) is 10.8. The molecule has 0 saturated heterocycles. The molecule has 1 saturated carbocycles. The summed E-state index contributed by atoms with van der Waals surface area (Å²) < 4.78 is 0. The van der Waals surface area contributed by atoms with Gasteiger partial charge in [0.2, 0.25) is 0 Å². The fourth-order valence-electron chi connectivity index (χ4n) is 1.95. The van der Waals surface area contributed by atoms with Crippen LogP contribution in [0.25, 0.3) is 0 Å². The third-order valence-electron chi connectivity index (χ3n) is 2.65. The van der Waals surface area contributed by atoms with Crippen LogP contribution in [0.2, 0.25) is 0 Å². The molecule has 0 spiro atoms. The molecule has 12 heavy (non-hydrogen) atoms. The predicted molar refractivity (Wildman–Crippen MR) is 52.0 cm³/mol. The van der Waals surface area contributed by atoms with Crippen molar-refractivity contribution in [3.8, 4) is 0 Å². The van der Waals surface area contributed by atoms with E-state index in [0.717, 1.165) is 5.92 Å². The molecular weight excluding hydrogens is 144 g/mol. The summed E-state index contributed by atoms with van der Waals surface area (Å²) in [5.74, 6) is 0.736. The minimum Gasteiger partial charge on any atom is -0.0622 e. The first-order valence-electron chi connectivity index (χ1n) is 4.85. The highest BCUT2D eigenvalue weighted by atomic mass is 14.2. The Bertz CT molecular complexity index is 219. The summed E-state index contributed by atoms with van der Waals surface area (Å²) in [4.78, 5) is 0. The van der Waals surface area contributed by atoms with Crippen LogP contribution >= 0.6 is 0 Å². The molecule has 0 heterocycles. The monoisotopic (exact) mass is 159 g/mol. The van der Waals surface area contributed by atoms with E-state index in [9.17, 15) is 0 Å². The zero-order valence-electron chi connectivity index (χ0n) is 7.37. The van der Waals surface area contributed by atoms with Crippen LogP contribution in [0, 0.1) is 6.42 Å². The molecule has 0 amide bonds. The fourth-order valence-corrected chi connectivity index (χ4v) is 1.95. The molecule has 0 aliphatic heterocycles. The van der Waals surface area contributed by atoms with E-state index in [1.165, 1.54) is 31.2 Å². The zero-order valence-corrected chi connectivity index (χ0v) is 7.37. The average molecular weight is 159 g/mol. The molecule has 1 aliphatic rings. The summed E-state index contributed by atoms with van der Waals surface area (Å²) in [7, 11) is 0. The second kappa shape index (κ2) is 3.75. The molecule has 0 bridgehead atoms. The molecule has 2 rings (SSSR count). The SMILES string of the molecule is [CH]1CCCCC1c1ccccc1. The number of hydrogen-bond donors (Lipinski definition) is 0. The van der Waals surface area contributed by atoms with E-state index >= 15 is 0 Å². The zero-order chi connectivity index (χ0) is 8.23. The summed E-state index contributed by atoms with van der Waals surface area (Å²) in [5.41, 5.74) is 1.50. The first kappa shape index (κ1) is 7.85. The normalized spacial score (nSPS) is 19.3. The molecule has 1 atom stereocenters. The fraction of sp³-hybridized carbons (Fsp3) is 0.417. The van der Waals surface area contributed by atoms with Crippen LogP contribution < -0.4 is 0 Å². The summed E-state index contributed by atoms with van der Waals surface area (Å²) in [6.45, 7) is 0. The molecule has 0 aromatic heterocycles. The summed E-state index contributed by atoms with van der Waals surface area (Å²) in [6.07, 6.45) is 7.92. The van der Waals surface area contributed by atoms with Crippen LogP contribution in [0.1, 0.15) is 37.2 Å². The van der Waals surface area contributed by atoms with E-state index in [1.807, 2.05) is 0 Å². The van der Waals surface area contributed by atoms with Crippen molar-refractivity contribution in [3.05, 3.63) is 42.3 Å². The van der Waals surface area contributed by atoms with Crippen molar-refractivity contribution in [2.45, 2.75) is 31.6 Å². The highest BCUT2D eigenvalue weighted by molar-refractivity contribution is 5.22. The van der Waals surface area contributed by atoms with Crippen molar-refractivity contribution in [2.24, 2.45) is 0 Å². The Morgan fingerprint density at radius 1 is 1.00 bits per heavy atom. The lowest BCUT2D eigenvalue weighted by Gasteiger charge is -2.21. The summed E-state index contributed by atoms with van der Waals surface area (Å²) >= 11 is 0. The van der Waals surface area contributed by atoms with Gasteiger partial charge in [-0.1, -0.05) is 43.2 Å². The Hall–Kier alpha value is -0.780. The van der Waals surface area contributed by atoms with Crippen LogP contribution in [0.4, 0.5) is 0 Å². The maximum Gasteiger partial charge on any atom is -0.0131 e. The third kappa shape index (κ3) is 1.69. The van der Waals surface area contributed by atoms with E-state index in [4.69, 9.17) is 0 Å². The van der Waals surface area contributed by atoms with E-state index < -0.39 is 0 Å². The van der Waals surface area contributed by atoms with E-state index in [2.05, 4.69) is 36.8 Å². The highest BCUT2D eigenvalue weighted by Gasteiger charge is 2.14. The smallest absolute Gasteiger partial charge is 0.0131 e. The minimum absolute atomic E-state index is 0.736. The van der Waals surface area contributed by atoms with Gasteiger partial charge in [-0.15, -0.1) is 0 Å². The first-order chi connectivity index (χ1) is 5.97. The van der Waals surface area contributed by atoms with Crippen LogP contribution in [0.5, 0.6) is 0 Å². The van der Waals surface area contributed by atoms with E-state index in [-0.39, 0.29) is 0 Å². The van der Waals surface area contributed by atoms with Gasteiger partial charge in [0.1, 0.15) is 0 Å². The van der Waals surface area contributed by atoms with Gasteiger partial charge in [0, 0.05) is 0 Å². The molecule has 1 radical (unpaired) electrons. The maximum absolute atomic E-state index is 2.47. The number of hydrogen-bond acceptors (Lipinski definition) is 0. The molecule has 1 aliphatic carbocycles. The molecule has 1 aromatic rings. The van der Waals surface area contributed by atoms with Gasteiger partial charge in [-0.3, -0.25) is 0 Å². The Labute approximate surface area is 74.6 Å². The van der Waals surface area contributed by atoms with Gasteiger partial charge >= 0.3 is 0 Å². The number of benzene rings is 1. The maximum atomic E-state index is 2.47. The summed E-state index contributed by atoms with van der Waals surface area (Å²) in [5, 5.41) is 0. The second-order valence-electron chi connectivity index (χ2n) is 3.54. The Morgan fingerprint density at radius 2 is 1.83 bits per heavy atom. The van der Waals surface area contributed by atoms with E-state index in [1.54, 1.807) is 0 Å². The van der Waals surface area contributed by atoms with Gasteiger partial charge < -0.3 is 0 Å². The quantitative estimate of drug-likeness (QED) is 0.588. The minimum atomic E-state index is 0.736. The largest absolute Gasteiger partial charge is 0.0622 e. The Balaban J connectivity index is 2.08. The van der Waals surface area contributed by atoms with Gasteiger partial charge in [-0.05, 0) is 30.7 Å². The van der Waals surface area contributed by atoms with Gasteiger partial charge in [-0.2, -0.15) is 0 Å². The molecule has 0 heteroatoms. The van der Waals surface area contributed by atoms with Gasteiger partial charge in [0.25, 0.3) is 0 Å². The topological polar surface area (TPSA) is 0 Å². The van der Waals surface area contributed by atoms with Crippen LogP contribution in [-0.4, -0.2) is 0 Å². The van der Waals surface area contributed by atoms with Crippen molar-refractivity contribution in [3.63, 3.8) is 0 Å². The van der Waals surface area contributed by atoms with Crippen LogP contribution in [0.15, 0.2) is 30.3 Å². The van der Waals surface area contributed by atoms with Crippen molar-refractivity contribution in [2.75, 3.05) is 0 Å². The van der Waals surface area contributed by atoms with E-state index in [0.29, 0.717) is 0 Å². The molecule has 0 nitrogen and oxygen atoms in total. The van der Waals surface area contributed by atoms with Gasteiger partial charge in [-0.25, -0.2) is 0 Å². The highest BCUT2D eigenvalue weighted by Crippen LogP contribution is 2.31.